The Morgan fingerprint density at radius 1 is 1.65 bits per heavy atom. The first-order valence-corrected chi connectivity index (χ1v) is 6.90. The van der Waals surface area contributed by atoms with E-state index >= 15 is 0 Å². The molecule has 94 valence electrons. The highest BCUT2D eigenvalue weighted by molar-refractivity contribution is 9.10. The van der Waals surface area contributed by atoms with Crippen molar-refractivity contribution in [3.05, 3.63) is 16.4 Å². The van der Waals surface area contributed by atoms with Crippen LogP contribution < -0.4 is 5.32 Å². The van der Waals surface area contributed by atoms with Crippen LogP contribution in [0, 0.1) is 5.41 Å². The van der Waals surface area contributed by atoms with Crippen molar-refractivity contribution >= 4 is 21.7 Å². The summed E-state index contributed by atoms with van der Waals surface area (Å²) in [6.07, 6.45) is 3.51. The fraction of sp³-hybridized carbons (Fsp3) is 0.667. The van der Waals surface area contributed by atoms with Crippen molar-refractivity contribution in [2.45, 2.75) is 33.2 Å². The zero-order chi connectivity index (χ0) is 12.5. The van der Waals surface area contributed by atoms with Gasteiger partial charge in [0.25, 0.3) is 0 Å². The van der Waals surface area contributed by atoms with Gasteiger partial charge >= 0.3 is 0 Å². The van der Waals surface area contributed by atoms with Gasteiger partial charge in [-0.1, -0.05) is 6.92 Å². The van der Waals surface area contributed by atoms with Gasteiger partial charge in [-0.15, -0.1) is 0 Å². The smallest absolute Gasteiger partial charge is 0.189 e. The second-order valence-electron chi connectivity index (χ2n) is 4.55. The lowest BCUT2D eigenvalue weighted by Gasteiger charge is -2.25. The van der Waals surface area contributed by atoms with E-state index in [2.05, 4.69) is 33.3 Å². The third-order valence-electron chi connectivity index (χ3n) is 3.71. The van der Waals surface area contributed by atoms with E-state index in [0.29, 0.717) is 0 Å². The van der Waals surface area contributed by atoms with Crippen molar-refractivity contribution in [2.24, 2.45) is 5.41 Å². The van der Waals surface area contributed by atoms with E-state index in [4.69, 9.17) is 0 Å². The predicted molar refractivity (Wildman–Crippen MR) is 70.1 cm³/mol. The Bertz CT molecular complexity index is 421. The van der Waals surface area contributed by atoms with Crippen LogP contribution in [-0.4, -0.2) is 28.7 Å². The normalized spacial score (nSPS) is 24.2. The number of hydrogen-bond acceptors (Lipinski definition) is 3. The first kappa shape index (κ1) is 12.8. The lowest BCUT2D eigenvalue weighted by atomic mass is 9.78. The lowest BCUT2D eigenvalue weighted by Crippen LogP contribution is -2.34. The minimum atomic E-state index is -0.241. The molecule has 1 fully saturated rings. The monoisotopic (exact) mass is 299 g/mol. The summed E-state index contributed by atoms with van der Waals surface area (Å²) >= 11 is 3.43. The van der Waals surface area contributed by atoms with Gasteiger partial charge in [0.05, 0.1) is 10.7 Å². The molecule has 1 aromatic rings. The number of carbonyl (C=O) groups excluding carboxylic acids is 1. The largest absolute Gasteiger partial charge is 0.316 e. The van der Waals surface area contributed by atoms with E-state index in [1.54, 1.807) is 10.9 Å². The molecule has 0 bridgehead atoms. The fourth-order valence-electron chi connectivity index (χ4n) is 2.48. The molecule has 0 radical (unpaired) electrons. The minimum Gasteiger partial charge on any atom is -0.316 e. The number of halogens is 1. The van der Waals surface area contributed by atoms with E-state index in [1.165, 1.54) is 0 Å². The van der Waals surface area contributed by atoms with Gasteiger partial charge in [0.15, 0.2) is 5.78 Å². The van der Waals surface area contributed by atoms with Crippen LogP contribution in [0.25, 0.3) is 0 Å². The van der Waals surface area contributed by atoms with Crippen molar-refractivity contribution in [2.75, 3.05) is 13.1 Å². The van der Waals surface area contributed by atoms with Crippen molar-refractivity contribution in [1.29, 1.82) is 0 Å². The molecule has 1 N–H and O–H groups in total. The average molecular weight is 300 g/mol. The summed E-state index contributed by atoms with van der Waals surface area (Å²) in [5.74, 6) is 0.219. The fourth-order valence-corrected chi connectivity index (χ4v) is 2.96. The molecular formula is C12H18BrN3O. The van der Waals surface area contributed by atoms with E-state index in [-0.39, 0.29) is 11.2 Å². The predicted octanol–water partition coefficient (Wildman–Crippen LogP) is 2.24. The molecule has 1 unspecified atom stereocenters. The van der Waals surface area contributed by atoms with Crippen LogP contribution in [0.15, 0.2) is 10.7 Å². The van der Waals surface area contributed by atoms with Crippen LogP contribution in [0.3, 0.4) is 0 Å². The topological polar surface area (TPSA) is 46.9 Å². The Morgan fingerprint density at radius 3 is 2.94 bits per heavy atom. The van der Waals surface area contributed by atoms with Gasteiger partial charge in [-0.2, -0.15) is 5.10 Å². The third kappa shape index (κ3) is 2.06. The molecule has 0 amide bonds. The molecular weight excluding hydrogens is 282 g/mol. The molecule has 1 aromatic heterocycles. The molecule has 0 aliphatic carbocycles. The maximum atomic E-state index is 12.7. The van der Waals surface area contributed by atoms with Crippen LogP contribution in [0.2, 0.25) is 0 Å². The summed E-state index contributed by atoms with van der Waals surface area (Å²) in [6.45, 7) is 6.52. The van der Waals surface area contributed by atoms with Gasteiger partial charge in [-0.25, -0.2) is 0 Å². The first-order valence-electron chi connectivity index (χ1n) is 6.11. The van der Waals surface area contributed by atoms with Crippen molar-refractivity contribution in [3.63, 3.8) is 0 Å². The number of nitrogens with one attached hydrogen (secondary N) is 1. The second-order valence-corrected chi connectivity index (χ2v) is 5.40. The Kier molecular flexibility index (Phi) is 3.68. The molecule has 0 spiro atoms. The zero-order valence-electron chi connectivity index (χ0n) is 10.3. The molecule has 5 heteroatoms. The quantitative estimate of drug-likeness (QED) is 0.868. The van der Waals surface area contributed by atoms with Gasteiger partial charge in [0, 0.05) is 18.5 Å². The lowest BCUT2D eigenvalue weighted by molar-refractivity contribution is 0.0797. The van der Waals surface area contributed by atoms with Crippen LogP contribution in [0.4, 0.5) is 0 Å². The molecule has 2 rings (SSSR count). The molecule has 1 aliphatic heterocycles. The highest BCUT2D eigenvalue weighted by Gasteiger charge is 2.41. The summed E-state index contributed by atoms with van der Waals surface area (Å²) in [4.78, 5) is 12.7. The Hall–Kier alpha value is -0.680. The molecule has 0 aromatic carbocycles. The van der Waals surface area contributed by atoms with Gasteiger partial charge in [0.1, 0.15) is 5.69 Å². The number of aromatic nitrogens is 2. The average Bonchev–Trinajstić information content (AvgIpc) is 2.95. The van der Waals surface area contributed by atoms with Crippen LogP contribution in [0.5, 0.6) is 0 Å². The molecule has 1 atom stereocenters. The summed E-state index contributed by atoms with van der Waals surface area (Å²) < 4.78 is 2.59. The second kappa shape index (κ2) is 4.90. The van der Waals surface area contributed by atoms with Crippen molar-refractivity contribution < 1.29 is 4.79 Å². The van der Waals surface area contributed by atoms with Crippen LogP contribution >= 0.6 is 15.9 Å². The number of nitrogens with zero attached hydrogens (tertiary/aromatic N) is 2. The number of carbonyl (C=O) groups is 1. The van der Waals surface area contributed by atoms with Gasteiger partial charge < -0.3 is 5.32 Å². The van der Waals surface area contributed by atoms with Gasteiger partial charge in [-0.3, -0.25) is 9.48 Å². The van der Waals surface area contributed by atoms with Crippen LogP contribution in [0.1, 0.15) is 37.2 Å². The number of hydrogen-bond donors (Lipinski definition) is 1. The van der Waals surface area contributed by atoms with Crippen LogP contribution in [-0.2, 0) is 6.54 Å². The Labute approximate surface area is 110 Å². The van der Waals surface area contributed by atoms with E-state index in [1.807, 2.05) is 6.92 Å². The van der Waals surface area contributed by atoms with Gasteiger partial charge in [-0.05, 0) is 42.2 Å². The maximum absolute atomic E-state index is 12.7. The molecule has 0 saturated carbocycles. The van der Waals surface area contributed by atoms with Crippen molar-refractivity contribution in [1.82, 2.24) is 15.1 Å². The maximum Gasteiger partial charge on any atom is 0.189 e. The summed E-state index contributed by atoms with van der Waals surface area (Å²) in [7, 11) is 0. The molecule has 17 heavy (non-hydrogen) atoms. The Morgan fingerprint density at radius 2 is 2.41 bits per heavy atom. The number of ketones is 1. The summed E-state index contributed by atoms with van der Waals surface area (Å²) in [6, 6.07) is 0. The third-order valence-corrected chi connectivity index (χ3v) is 4.29. The summed E-state index contributed by atoms with van der Waals surface area (Å²) in [5, 5.41) is 7.52. The molecule has 4 nitrogen and oxygen atoms in total. The van der Waals surface area contributed by atoms with Crippen molar-refractivity contribution in [3.8, 4) is 0 Å². The highest BCUT2D eigenvalue weighted by Crippen LogP contribution is 2.35. The standard InChI is InChI=1S/C12H18BrN3O/c1-3-12(5-6-14-8-12)11(17)10-9(13)7-15-16(10)4-2/h7,14H,3-6,8H2,1-2H3. The molecule has 1 saturated heterocycles. The van der Waals surface area contributed by atoms with E-state index in [0.717, 1.165) is 42.6 Å². The molecule has 1 aliphatic rings. The number of rotatable bonds is 4. The Balaban J connectivity index is 2.38. The van der Waals surface area contributed by atoms with E-state index in [9.17, 15) is 4.79 Å². The number of aryl methyl sites for hydroxylation is 1. The number of Topliss-reactive ketones (excluding diaryl/α,β-unsaturated/α-hetero) is 1. The molecule has 2 heterocycles. The van der Waals surface area contributed by atoms with E-state index < -0.39 is 0 Å². The zero-order valence-corrected chi connectivity index (χ0v) is 11.9. The highest BCUT2D eigenvalue weighted by atomic mass is 79.9. The minimum absolute atomic E-state index is 0.219. The SMILES string of the molecule is CCn1ncc(Br)c1C(=O)C1(CC)CCNC1. The van der Waals surface area contributed by atoms with Gasteiger partial charge in [0.2, 0.25) is 0 Å². The first-order chi connectivity index (χ1) is 8.14. The summed E-state index contributed by atoms with van der Waals surface area (Å²) in [5.41, 5.74) is 0.480.